The number of carbonyl (C=O) groups excluding carboxylic acids is 1. The summed E-state index contributed by atoms with van der Waals surface area (Å²) >= 11 is 0. The zero-order chi connectivity index (χ0) is 10.4. The van der Waals surface area contributed by atoms with E-state index in [1.165, 1.54) is 12.8 Å². The van der Waals surface area contributed by atoms with E-state index in [0.29, 0.717) is 13.2 Å². The van der Waals surface area contributed by atoms with E-state index in [-0.39, 0.29) is 11.9 Å². The van der Waals surface area contributed by atoms with Gasteiger partial charge in [-0.05, 0) is 32.2 Å². The van der Waals surface area contributed by atoms with Crippen molar-refractivity contribution in [2.24, 2.45) is 5.92 Å². The molecule has 1 aliphatic carbocycles. The molecule has 1 amide bonds. The van der Waals surface area contributed by atoms with Crippen LogP contribution in [-0.4, -0.2) is 38.8 Å². The molecule has 0 radical (unpaired) electrons. The van der Waals surface area contributed by atoms with Crippen LogP contribution in [0.5, 0.6) is 0 Å². The van der Waals surface area contributed by atoms with Gasteiger partial charge in [0.2, 0.25) is 5.91 Å². The molecule has 4 heteroatoms. The number of amides is 1. The van der Waals surface area contributed by atoms with Crippen molar-refractivity contribution in [2.75, 3.05) is 26.8 Å². The summed E-state index contributed by atoms with van der Waals surface area (Å²) in [7, 11) is 1.63. The predicted molar refractivity (Wildman–Crippen MR) is 55.1 cm³/mol. The minimum absolute atomic E-state index is 0.0511. The van der Waals surface area contributed by atoms with E-state index in [1.807, 2.05) is 6.92 Å². The highest BCUT2D eigenvalue weighted by molar-refractivity contribution is 5.78. The van der Waals surface area contributed by atoms with Crippen molar-refractivity contribution in [3.8, 4) is 0 Å². The van der Waals surface area contributed by atoms with Crippen LogP contribution in [0.4, 0.5) is 0 Å². The fourth-order valence-corrected chi connectivity index (χ4v) is 1.33. The molecular formula is C10H20N2O2. The lowest BCUT2D eigenvalue weighted by atomic mass is 10.3. The zero-order valence-corrected chi connectivity index (χ0v) is 9.01. The van der Waals surface area contributed by atoms with Gasteiger partial charge in [0.25, 0.3) is 0 Å². The van der Waals surface area contributed by atoms with Crippen LogP contribution in [0.15, 0.2) is 0 Å². The Balaban J connectivity index is 1.96. The molecule has 0 aromatic heterocycles. The third-order valence-corrected chi connectivity index (χ3v) is 2.24. The molecule has 0 bridgehead atoms. The molecule has 1 rings (SSSR count). The maximum absolute atomic E-state index is 11.3. The molecule has 82 valence electrons. The second-order valence-corrected chi connectivity index (χ2v) is 4.00. The average Bonchev–Trinajstić information content (AvgIpc) is 2.88. The molecule has 0 heterocycles. The molecule has 0 saturated heterocycles. The topological polar surface area (TPSA) is 50.4 Å². The van der Waals surface area contributed by atoms with Gasteiger partial charge in [0, 0.05) is 13.2 Å². The van der Waals surface area contributed by atoms with Crippen LogP contribution in [0.1, 0.15) is 19.8 Å². The van der Waals surface area contributed by atoms with Crippen molar-refractivity contribution in [2.45, 2.75) is 25.8 Å². The summed E-state index contributed by atoms with van der Waals surface area (Å²) in [5, 5.41) is 5.99. The van der Waals surface area contributed by atoms with Gasteiger partial charge in [0.05, 0.1) is 13.2 Å². The number of hydrogen-bond acceptors (Lipinski definition) is 3. The number of nitrogens with one attached hydrogen (secondary N) is 2. The summed E-state index contributed by atoms with van der Waals surface area (Å²) in [6.07, 6.45) is 2.63. The van der Waals surface area contributed by atoms with E-state index in [2.05, 4.69) is 10.6 Å². The van der Waals surface area contributed by atoms with Gasteiger partial charge >= 0.3 is 0 Å². The Morgan fingerprint density at radius 1 is 1.57 bits per heavy atom. The highest BCUT2D eigenvalue weighted by Gasteiger charge is 2.20. The highest BCUT2D eigenvalue weighted by atomic mass is 16.5. The Morgan fingerprint density at radius 3 is 2.86 bits per heavy atom. The Kier molecular flexibility index (Phi) is 4.90. The summed E-state index contributed by atoms with van der Waals surface area (Å²) in [4.78, 5) is 11.3. The predicted octanol–water partition coefficient (Wildman–Crippen LogP) is 0.137. The minimum Gasteiger partial charge on any atom is -0.383 e. The number of carbonyl (C=O) groups is 1. The summed E-state index contributed by atoms with van der Waals surface area (Å²) in [6.45, 7) is 3.90. The first-order valence-corrected chi connectivity index (χ1v) is 5.21. The molecule has 4 nitrogen and oxygen atoms in total. The van der Waals surface area contributed by atoms with Crippen molar-refractivity contribution < 1.29 is 9.53 Å². The summed E-state index contributed by atoms with van der Waals surface area (Å²) in [6, 6.07) is 0.0928. The SMILES string of the molecule is COCC(C)NC(=O)CNCC1CC1. The van der Waals surface area contributed by atoms with Crippen LogP contribution in [0.25, 0.3) is 0 Å². The fraction of sp³-hybridized carbons (Fsp3) is 0.900. The lowest BCUT2D eigenvalue weighted by Gasteiger charge is -2.12. The van der Waals surface area contributed by atoms with Crippen LogP contribution in [-0.2, 0) is 9.53 Å². The van der Waals surface area contributed by atoms with Gasteiger partial charge in [-0.1, -0.05) is 0 Å². The number of hydrogen-bond donors (Lipinski definition) is 2. The van der Waals surface area contributed by atoms with Gasteiger partial charge in [0.15, 0.2) is 0 Å². The monoisotopic (exact) mass is 200 g/mol. The second-order valence-electron chi connectivity index (χ2n) is 4.00. The minimum atomic E-state index is 0.0511. The molecule has 1 aliphatic rings. The third kappa shape index (κ3) is 5.19. The maximum Gasteiger partial charge on any atom is 0.234 e. The molecule has 1 atom stereocenters. The lowest BCUT2D eigenvalue weighted by molar-refractivity contribution is -0.121. The van der Waals surface area contributed by atoms with E-state index in [0.717, 1.165) is 12.5 Å². The molecule has 1 unspecified atom stereocenters. The number of rotatable bonds is 7. The maximum atomic E-state index is 11.3. The first-order chi connectivity index (χ1) is 6.72. The van der Waals surface area contributed by atoms with Crippen molar-refractivity contribution in [1.82, 2.24) is 10.6 Å². The standard InChI is InChI=1S/C10H20N2O2/c1-8(7-14-2)12-10(13)6-11-5-9-3-4-9/h8-9,11H,3-7H2,1-2H3,(H,12,13). The molecule has 0 aromatic carbocycles. The van der Waals surface area contributed by atoms with Gasteiger partial charge in [0.1, 0.15) is 0 Å². The van der Waals surface area contributed by atoms with E-state index in [1.54, 1.807) is 7.11 Å². The van der Waals surface area contributed by atoms with E-state index < -0.39 is 0 Å². The smallest absolute Gasteiger partial charge is 0.234 e. The number of ether oxygens (including phenoxy) is 1. The molecule has 0 aromatic rings. The average molecular weight is 200 g/mol. The molecular weight excluding hydrogens is 180 g/mol. The van der Waals surface area contributed by atoms with E-state index >= 15 is 0 Å². The van der Waals surface area contributed by atoms with Crippen LogP contribution in [0.2, 0.25) is 0 Å². The van der Waals surface area contributed by atoms with Gasteiger partial charge in [-0.15, -0.1) is 0 Å². The van der Waals surface area contributed by atoms with Crippen LogP contribution >= 0.6 is 0 Å². The first kappa shape index (κ1) is 11.5. The second kappa shape index (κ2) is 5.98. The quantitative estimate of drug-likeness (QED) is 0.614. The van der Waals surface area contributed by atoms with Crippen molar-refractivity contribution in [3.63, 3.8) is 0 Å². The van der Waals surface area contributed by atoms with Crippen molar-refractivity contribution >= 4 is 5.91 Å². The van der Waals surface area contributed by atoms with Crippen molar-refractivity contribution in [3.05, 3.63) is 0 Å². The molecule has 0 spiro atoms. The third-order valence-electron chi connectivity index (χ3n) is 2.24. The van der Waals surface area contributed by atoms with Gasteiger partial charge in [-0.3, -0.25) is 4.79 Å². The van der Waals surface area contributed by atoms with Gasteiger partial charge in [-0.2, -0.15) is 0 Å². The summed E-state index contributed by atoms with van der Waals surface area (Å²) in [5.74, 6) is 0.870. The first-order valence-electron chi connectivity index (χ1n) is 5.21. The molecule has 0 aliphatic heterocycles. The zero-order valence-electron chi connectivity index (χ0n) is 9.01. The van der Waals surface area contributed by atoms with E-state index in [9.17, 15) is 4.79 Å². The van der Waals surface area contributed by atoms with Gasteiger partial charge in [-0.25, -0.2) is 0 Å². The van der Waals surface area contributed by atoms with Crippen molar-refractivity contribution in [1.29, 1.82) is 0 Å². The fourth-order valence-electron chi connectivity index (χ4n) is 1.33. The number of methoxy groups -OCH3 is 1. The van der Waals surface area contributed by atoms with Crippen LogP contribution in [0.3, 0.4) is 0 Å². The molecule has 1 fully saturated rings. The van der Waals surface area contributed by atoms with Crippen LogP contribution in [0, 0.1) is 5.92 Å². The Hall–Kier alpha value is -0.610. The molecule has 1 saturated carbocycles. The van der Waals surface area contributed by atoms with E-state index in [4.69, 9.17) is 4.74 Å². The molecule has 2 N–H and O–H groups in total. The largest absolute Gasteiger partial charge is 0.383 e. The summed E-state index contributed by atoms with van der Waals surface area (Å²) in [5.41, 5.74) is 0. The lowest BCUT2D eigenvalue weighted by Crippen LogP contribution is -2.41. The Morgan fingerprint density at radius 2 is 2.29 bits per heavy atom. The van der Waals surface area contributed by atoms with Crippen LogP contribution < -0.4 is 10.6 Å². The normalized spacial score (nSPS) is 17.9. The highest BCUT2D eigenvalue weighted by Crippen LogP contribution is 2.27. The van der Waals surface area contributed by atoms with Gasteiger partial charge < -0.3 is 15.4 Å². The Bertz CT molecular complexity index is 181. The Labute approximate surface area is 85.4 Å². The summed E-state index contributed by atoms with van der Waals surface area (Å²) < 4.78 is 4.92. The molecule has 14 heavy (non-hydrogen) atoms.